The zero-order chi connectivity index (χ0) is 16.6. The van der Waals surface area contributed by atoms with E-state index in [0.29, 0.717) is 11.8 Å². The van der Waals surface area contributed by atoms with Crippen LogP contribution in [0.4, 0.5) is 0 Å². The topological polar surface area (TPSA) is 68.7 Å². The number of aromatic nitrogens is 4. The highest BCUT2D eigenvalue weighted by Crippen LogP contribution is 2.40. The van der Waals surface area contributed by atoms with Gasteiger partial charge in [-0.25, -0.2) is 4.52 Å². The Morgan fingerprint density at radius 2 is 2.04 bits per heavy atom. The quantitative estimate of drug-likeness (QED) is 0.712. The summed E-state index contributed by atoms with van der Waals surface area (Å²) in [6.07, 6.45) is 8.33. The zero-order valence-electron chi connectivity index (χ0n) is 14.0. The third kappa shape index (κ3) is 3.24. The van der Waals surface area contributed by atoms with E-state index in [4.69, 9.17) is 9.26 Å². The fourth-order valence-corrected chi connectivity index (χ4v) is 3.41. The molecule has 3 aromatic heterocycles. The van der Waals surface area contributed by atoms with Gasteiger partial charge in [0.2, 0.25) is 5.88 Å². The van der Waals surface area contributed by atoms with Gasteiger partial charge in [-0.3, -0.25) is 4.90 Å². The molecule has 5 rings (SSSR count). The van der Waals surface area contributed by atoms with E-state index in [-0.39, 0.29) is 6.10 Å². The zero-order valence-corrected chi connectivity index (χ0v) is 14.0. The van der Waals surface area contributed by atoms with Crippen molar-refractivity contribution in [3.63, 3.8) is 0 Å². The lowest BCUT2D eigenvalue weighted by molar-refractivity contribution is 0.0921. The number of likely N-dealkylation sites (tertiary alicyclic amines) is 1. The first-order valence-corrected chi connectivity index (χ1v) is 8.98. The molecular weight excluding hydrogens is 318 g/mol. The van der Waals surface area contributed by atoms with Crippen molar-refractivity contribution in [1.29, 1.82) is 0 Å². The van der Waals surface area contributed by atoms with Crippen LogP contribution in [-0.4, -0.2) is 43.8 Å². The van der Waals surface area contributed by atoms with Crippen LogP contribution in [-0.2, 0) is 6.54 Å². The molecule has 0 spiro atoms. The fourth-order valence-electron chi connectivity index (χ4n) is 3.41. The first-order valence-electron chi connectivity index (χ1n) is 8.98. The molecule has 0 bridgehead atoms. The van der Waals surface area contributed by atoms with Crippen LogP contribution in [0, 0.1) is 0 Å². The summed E-state index contributed by atoms with van der Waals surface area (Å²) < 4.78 is 13.2. The van der Waals surface area contributed by atoms with Gasteiger partial charge in [0, 0.05) is 49.9 Å². The third-order valence-corrected chi connectivity index (χ3v) is 5.00. The Balaban J connectivity index is 1.15. The highest BCUT2D eigenvalue weighted by atomic mass is 16.5. The first-order chi connectivity index (χ1) is 12.3. The maximum Gasteiger partial charge on any atom is 0.217 e. The molecule has 130 valence electrons. The summed E-state index contributed by atoms with van der Waals surface area (Å²) in [6.45, 7) is 2.87. The molecule has 1 saturated carbocycles. The van der Waals surface area contributed by atoms with E-state index in [0.717, 1.165) is 49.6 Å². The second-order valence-corrected chi connectivity index (χ2v) is 6.99. The molecule has 0 unspecified atom stereocenters. The molecule has 0 aromatic carbocycles. The fraction of sp³-hybridized carbons (Fsp3) is 0.500. The van der Waals surface area contributed by atoms with Gasteiger partial charge in [0.15, 0.2) is 5.65 Å². The van der Waals surface area contributed by atoms with Crippen molar-refractivity contribution < 1.29 is 9.26 Å². The molecular formula is C18H21N5O2. The predicted molar refractivity (Wildman–Crippen MR) is 90.4 cm³/mol. The summed E-state index contributed by atoms with van der Waals surface area (Å²) >= 11 is 0. The van der Waals surface area contributed by atoms with Gasteiger partial charge in [-0.15, -0.1) is 0 Å². The number of hydrogen-bond acceptors (Lipinski definition) is 6. The van der Waals surface area contributed by atoms with Gasteiger partial charge in [0.25, 0.3) is 0 Å². The van der Waals surface area contributed by atoms with Gasteiger partial charge < -0.3 is 9.26 Å². The van der Waals surface area contributed by atoms with E-state index in [9.17, 15) is 0 Å². The van der Waals surface area contributed by atoms with Crippen LogP contribution in [0.15, 0.2) is 35.1 Å². The molecule has 4 heterocycles. The van der Waals surface area contributed by atoms with E-state index in [1.807, 2.05) is 18.3 Å². The van der Waals surface area contributed by atoms with Crippen LogP contribution in [0.25, 0.3) is 5.65 Å². The Morgan fingerprint density at radius 1 is 1.16 bits per heavy atom. The van der Waals surface area contributed by atoms with Crippen molar-refractivity contribution in [2.75, 3.05) is 13.1 Å². The van der Waals surface area contributed by atoms with E-state index >= 15 is 0 Å². The lowest BCUT2D eigenvalue weighted by Crippen LogP contribution is -2.38. The van der Waals surface area contributed by atoms with Gasteiger partial charge in [-0.2, -0.15) is 10.1 Å². The van der Waals surface area contributed by atoms with E-state index < -0.39 is 0 Å². The minimum absolute atomic E-state index is 0.216. The average molecular weight is 339 g/mol. The number of nitrogens with zero attached hydrogens (tertiary/aromatic N) is 5. The maximum atomic E-state index is 6.06. The van der Waals surface area contributed by atoms with Crippen molar-refractivity contribution in [2.45, 2.75) is 44.2 Å². The van der Waals surface area contributed by atoms with E-state index in [2.05, 4.69) is 26.2 Å². The summed E-state index contributed by atoms with van der Waals surface area (Å²) in [5, 5.41) is 8.37. The molecule has 25 heavy (non-hydrogen) atoms. The first kappa shape index (κ1) is 14.9. The largest absolute Gasteiger partial charge is 0.474 e. The van der Waals surface area contributed by atoms with Gasteiger partial charge in [0.1, 0.15) is 11.9 Å². The minimum atomic E-state index is 0.216. The van der Waals surface area contributed by atoms with Crippen LogP contribution in [0.1, 0.15) is 43.1 Å². The minimum Gasteiger partial charge on any atom is -0.474 e. The van der Waals surface area contributed by atoms with Crippen LogP contribution >= 0.6 is 0 Å². The number of rotatable bonds is 5. The maximum absolute atomic E-state index is 6.06. The van der Waals surface area contributed by atoms with Crippen molar-refractivity contribution in [3.8, 4) is 5.88 Å². The Bertz CT molecular complexity index is 861. The summed E-state index contributed by atoms with van der Waals surface area (Å²) in [5.74, 6) is 2.37. The lowest BCUT2D eigenvalue weighted by Gasteiger charge is -2.31. The molecule has 7 nitrogen and oxygen atoms in total. The SMILES string of the molecule is c1cc2nc(OC3CCN(Cc4cc(C5CC5)on4)CC3)ccn2n1. The normalized spacial score (nSPS) is 19.5. The predicted octanol–water partition coefficient (Wildman–Crippen LogP) is 2.64. The standard InChI is InChI=1S/C18H21N5O2/c1-2-13(1)16-11-14(21-25-16)12-22-8-4-15(5-9-22)24-18-6-10-23-17(20-18)3-7-19-23/h3,6-7,10-11,13,15H,1-2,4-5,8-9,12H2. The summed E-state index contributed by atoms with van der Waals surface area (Å²) in [7, 11) is 0. The third-order valence-electron chi connectivity index (χ3n) is 5.00. The average Bonchev–Trinajstić information content (AvgIpc) is 3.20. The number of fused-ring (bicyclic) bond motifs is 1. The van der Waals surface area contributed by atoms with E-state index in [1.165, 1.54) is 12.8 Å². The van der Waals surface area contributed by atoms with Crippen LogP contribution in [0.2, 0.25) is 0 Å². The molecule has 2 aliphatic rings. The number of hydrogen-bond donors (Lipinski definition) is 0. The summed E-state index contributed by atoms with van der Waals surface area (Å²) in [5.41, 5.74) is 1.86. The molecule has 3 aromatic rings. The summed E-state index contributed by atoms with van der Waals surface area (Å²) in [4.78, 5) is 6.90. The molecule has 7 heteroatoms. The second kappa shape index (κ2) is 6.15. The van der Waals surface area contributed by atoms with Crippen molar-refractivity contribution >= 4 is 5.65 Å². The lowest BCUT2D eigenvalue weighted by atomic mass is 10.1. The Morgan fingerprint density at radius 3 is 2.88 bits per heavy atom. The second-order valence-electron chi connectivity index (χ2n) is 6.99. The molecule has 1 aliphatic heterocycles. The van der Waals surface area contributed by atoms with Crippen LogP contribution in [0.5, 0.6) is 5.88 Å². The Labute approximate surface area is 145 Å². The van der Waals surface area contributed by atoms with Gasteiger partial charge in [-0.1, -0.05) is 5.16 Å². The molecule has 0 atom stereocenters. The number of ether oxygens (including phenoxy) is 1. The number of piperidine rings is 1. The monoisotopic (exact) mass is 339 g/mol. The van der Waals surface area contributed by atoms with Crippen molar-refractivity contribution in [3.05, 3.63) is 42.0 Å². The van der Waals surface area contributed by atoms with Crippen LogP contribution < -0.4 is 4.74 Å². The summed E-state index contributed by atoms with van der Waals surface area (Å²) in [6, 6.07) is 5.88. The molecule has 0 radical (unpaired) electrons. The van der Waals surface area contributed by atoms with Crippen molar-refractivity contribution in [1.82, 2.24) is 24.7 Å². The Kier molecular flexibility index (Phi) is 3.66. The van der Waals surface area contributed by atoms with Crippen LogP contribution in [0.3, 0.4) is 0 Å². The van der Waals surface area contributed by atoms with E-state index in [1.54, 1.807) is 10.7 Å². The molecule has 1 saturated heterocycles. The van der Waals surface area contributed by atoms with Gasteiger partial charge >= 0.3 is 0 Å². The highest BCUT2D eigenvalue weighted by Gasteiger charge is 2.28. The molecule has 1 aliphatic carbocycles. The molecule has 2 fully saturated rings. The highest BCUT2D eigenvalue weighted by molar-refractivity contribution is 5.37. The smallest absolute Gasteiger partial charge is 0.217 e. The molecule has 0 N–H and O–H groups in total. The molecule has 0 amide bonds. The van der Waals surface area contributed by atoms with Gasteiger partial charge in [0.05, 0.1) is 11.9 Å². The van der Waals surface area contributed by atoms with Crippen molar-refractivity contribution in [2.24, 2.45) is 0 Å². The Hall–Kier alpha value is -2.41. The van der Waals surface area contributed by atoms with Gasteiger partial charge in [-0.05, 0) is 25.7 Å².